The Morgan fingerprint density at radius 3 is 2.86 bits per heavy atom. The summed E-state index contributed by atoms with van der Waals surface area (Å²) in [7, 11) is 0. The Balaban J connectivity index is 2.89. The molecule has 0 saturated carbocycles. The quantitative estimate of drug-likeness (QED) is 0.851. The fourth-order valence-corrected chi connectivity index (χ4v) is 2.17. The summed E-state index contributed by atoms with van der Waals surface area (Å²) in [6.45, 7) is 4.11. The molecule has 1 aromatic rings. The van der Waals surface area contributed by atoms with Gasteiger partial charge in [-0.15, -0.1) is 0 Å². The van der Waals surface area contributed by atoms with E-state index in [0.29, 0.717) is 11.4 Å². The van der Waals surface area contributed by atoms with Crippen molar-refractivity contribution in [1.29, 1.82) is 5.26 Å². The van der Waals surface area contributed by atoms with E-state index in [4.69, 9.17) is 22.6 Å². The van der Waals surface area contributed by atoms with Crippen molar-refractivity contribution in [3.8, 4) is 6.07 Å². The first-order valence-corrected chi connectivity index (χ1v) is 5.43. The number of thiazole rings is 1. The molecule has 4 nitrogen and oxygen atoms in total. The van der Waals surface area contributed by atoms with Gasteiger partial charge in [-0.25, -0.2) is 4.98 Å². The van der Waals surface area contributed by atoms with Gasteiger partial charge in [-0.1, -0.05) is 22.9 Å². The lowest BCUT2D eigenvalue weighted by atomic mass is 10.5. The van der Waals surface area contributed by atoms with E-state index in [-0.39, 0.29) is 5.15 Å². The second-order valence-corrected chi connectivity index (χ2v) is 3.93. The van der Waals surface area contributed by atoms with Crippen LogP contribution in [0.15, 0.2) is 0 Å². The average Bonchev–Trinajstić information content (AvgIpc) is 2.56. The lowest BCUT2D eigenvalue weighted by molar-refractivity contribution is 0.812. The van der Waals surface area contributed by atoms with Gasteiger partial charge in [0.25, 0.3) is 0 Å². The van der Waals surface area contributed by atoms with Crippen LogP contribution in [0.5, 0.6) is 0 Å². The van der Waals surface area contributed by atoms with Gasteiger partial charge in [0.2, 0.25) is 0 Å². The normalized spacial score (nSPS) is 9.86. The first-order valence-electron chi connectivity index (χ1n) is 4.24. The van der Waals surface area contributed by atoms with Crippen LogP contribution in [0.3, 0.4) is 0 Å². The van der Waals surface area contributed by atoms with E-state index in [0.717, 1.165) is 18.2 Å². The monoisotopic (exact) mass is 230 g/mol. The Kier molecular flexibility index (Phi) is 4.14. The van der Waals surface area contributed by atoms with Gasteiger partial charge in [0.05, 0.1) is 0 Å². The van der Waals surface area contributed by atoms with Crippen molar-refractivity contribution in [3.05, 3.63) is 10.0 Å². The summed E-state index contributed by atoms with van der Waals surface area (Å²) in [5.41, 5.74) is 5.46. The van der Waals surface area contributed by atoms with Crippen molar-refractivity contribution in [2.24, 2.45) is 5.73 Å². The molecule has 0 saturated heterocycles. The average molecular weight is 231 g/mol. The predicted octanol–water partition coefficient (Wildman–Crippen LogP) is 1.45. The number of hydrogen-bond acceptors (Lipinski definition) is 5. The van der Waals surface area contributed by atoms with E-state index in [1.807, 2.05) is 17.9 Å². The number of nitriles is 1. The van der Waals surface area contributed by atoms with Gasteiger partial charge < -0.3 is 10.6 Å². The highest BCUT2D eigenvalue weighted by atomic mass is 35.5. The van der Waals surface area contributed by atoms with Crippen LogP contribution in [0.25, 0.3) is 0 Å². The first kappa shape index (κ1) is 11.2. The fraction of sp³-hybridized carbons (Fsp3) is 0.500. The highest BCUT2D eigenvalue weighted by Gasteiger charge is 2.12. The van der Waals surface area contributed by atoms with Gasteiger partial charge in [-0.3, -0.25) is 0 Å². The molecule has 6 heteroatoms. The maximum absolute atomic E-state index is 8.71. The fourth-order valence-electron chi connectivity index (χ4n) is 1.04. The molecule has 0 bridgehead atoms. The standard InChI is InChI=1S/C8H11ClN4S/c1-2-13(4-3-10)8-12-7(9)6(5-11)14-8/h2-4,10H2,1H3. The highest BCUT2D eigenvalue weighted by molar-refractivity contribution is 7.16. The van der Waals surface area contributed by atoms with Crippen LogP contribution in [0, 0.1) is 11.3 Å². The molecule has 0 amide bonds. The zero-order valence-electron chi connectivity index (χ0n) is 7.83. The molecule has 0 aromatic carbocycles. The third kappa shape index (κ3) is 2.35. The Morgan fingerprint density at radius 2 is 2.43 bits per heavy atom. The Hall–Kier alpha value is -0.830. The first-order chi connectivity index (χ1) is 6.72. The Bertz CT molecular complexity index is 344. The van der Waals surface area contributed by atoms with Gasteiger partial charge in [-0.2, -0.15) is 5.26 Å². The number of halogens is 1. The molecule has 0 aliphatic rings. The van der Waals surface area contributed by atoms with E-state index in [1.165, 1.54) is 11.3 Å². The van der Waals surface area contributed by atoms with E-state index < -0.39 is 0 Å². The molecule has 0 unspecified atom stereocenters. The maximum Gasteiger partial charge on any atom is 0.188 e. The van der Waals surface area contributed by atoms with Crippen molar-refractivity contribution in [3.63, 3.8) is 0 Å². The van der Waals surface area contributed by atoms with Crippen molar-refractivity contribution in [2.45, 2.75) is 6.92 Å². The molecule has 1 aromatic heterocycles. The summed E-state index contributed by atoms with van der Waals surface area (Å²) < 4.78 is 0. The minimum atomic E-state index is 0.281. The van der Waals surface area contributed by atoms with Gasteiger partial charge >= 0.3 is 0 Å². The third-order valence-corrected chi connectivity index (χ3v) is 3.13. The zero-order valence-corrected chi connectivity index (χ0v) is 9.40. The van der Waals surface area contributed by atoms with Crippen LogP contribution in [0.1, 0.15) is 11.8 Å². The van der Waals surface area contributed by atoms with Crippen LogP contribution in [0.4, 0.5) is 5.13 Å². The van der Waals surface area contributed by atoms with E-state index >= 15 is 0 Å². The molecule has 1 rings (SSSR count). The zero-order chi connectivity index (χ0) is 10.6. The summed E-state index contributed by atoms with van der Waals surface area (Å²) in [6, 6.07) is 2.00. The molecule has 0 aliphatic carbocycles. The topological polar surface area (TPSA) is 65.9 Å². The highest BCUT2D eigenvalue weighted by Crippen LogP contribution is 2.28. The van der Waals surface area contributed by atoms with Crippen molar-refractivity contribution >= 4 is 28.1 Å². The smallest absolute Gasteiger partial charge is 0.188 e. The Labute approximate surface area is 91.9 Å². The minimum Gasteiger partial charge on any atom is -0.347 e. The molecule has 0 aliphatic heterocycles. The lowest BCUT2D eigenvalue weighted by Gasteiger charge is -2.17. The molecule has 0 radical (unpaired) electrons. The van der Waals surface area contributed by atoms with Crippen LogP contribution in [-0.4, -0.2) is 24.6 Å². The number of nitrogens with two attached hydrogens (primary N) is 1. The van der Waals surface area contributed by atoms with Crippen molar-refractivity contribution < 1.29 is 0 Å². The summed E-state index contributed by atoms with van der Waals surface area (Å²) in [5.74, 6) is 0. The molecule has 0 atom stereocenters. The van der Waals surface area contributed by atoms with Gasteiger partial charge in [0, 0.05) is 19.6 Å². The molecule has 14 heavy (non-hydrogen) atoms. The van der Waals surface area contributed by atoms with Gasteiger partial charge in [0.15, 0.2) is 10.3 Å². The number of aromatic nitrogens is 1. The SMILES string of the molecule is CCN(CCN)c1nc(Cl)c(C#N)s1. The summed E-state index contributed by atoms with van der Waals surface area (Å²) in [6.07, 6.45) is 0. The van der Waals surface area contributed by atoms with Crippen LogP contribution in [0.2, 0.25) is 5.15 Å². The van der Waals surface area contributed by atoms with E-state index in [1.54, 1.807) is 0 Å². The maximum atomic E-state index is 8.71. The van der Waals surface area contributed by atoms with Crippen LogP contribution < -0.4 is 10.6 Å². The largest absolute Gasteiger partial charge is 0.347 e. The number of rotatable bonds is 4. The molecule has 2 N–H and O–H groups in total. The molecule has 0 fully saturated rings. The predicted molar refractivity (Wildman–Crippen MR) is 58.8 cm³/mol. The number of hydrogen-bond donors (Lipinski definition) is 1. The molecule has 76 valence electrons. The molecule has 0 spiro atoms. The van der Waals surface area contributed by atoms with Crippen molar-refractivity contribution in [1.82, 2.24) is 4.98 Å². The van der Waals surface area contributed by atoms with Crippen LogP contribution in [-0.2, 0) is 0 Å². The summed E-state index contributed by atoms with van der Waals surface area (Å²) in [4.78, 5) is 6.56. The number of anilines is 1. The van der Waals surface area contributed by atoms with Gasteiger partial charge in [0.1, 0.15) is 10.9 Å². The number of nitrogens with zero attached hydrogens (tertiary/aromatic N) is 3. The second-order valence-electron chi connectivity index (χ2n) is 2.60. The van der Waals surface area contributed by atoms with Crippen LogP contribution >= 0.6 is 22.9 Å². The summed E-state index contributed by atoms with van der Waals surface area (Å²) in [5, 5.41) is 9.75. The second kappa shape index (κ2) is 5.15. The van der Waals surface area contributed by atoms with Gasteiger partial charge in [-0.05, 0) is 6.92 Å². The minimum absolute atomic E-state index is 0.281. The summed E-state index contributed by atoms with van der Waals surface area (Å²) >= 11 is 7.06. The van der Waals surface area contributed by atoms with E-state index in [9.17, 15) is 0 Å². The third-order valence-electron chi connectivity index (χ3n) is 1.73. The Morgan fingerprint density at radius 1 is 1.71 bits per heavy atom. The number of likely N-dealkylation sites (N-methyl/N-ethyl adjacent to an activating group) is 1. The lowest BCUT2D eigenvalue weighted by Crippen LogP contribution is -2.28. The van der Waals surface area contributed by atoms with Crippen molar-refractivity contribution in [2.75, 3.05) is 24.5 Å². The molecule has 1 heterocycles. The molecular formula is C8H11ClN4S. The van der Waals surface area contributed by atoms with E-state index in [2.05, 4.69) is 4.98 Å². The molecular weight excluding hydrogens is 220 g/mol.